The molecule has 0 atom stereocenters. The minimum atomic E-state index is -0.251. The number of fused-ring (bicyclic) bond motifs is 3. The van der Waals surface area contributed by atoms with E-state index in [1.165, 1.54) is 31.6 Å². The van der Waals surface area contributed by atoms with Crippen molar-refractivity contribution in [3.63, 3.8) is 0 Å². The van der Waals surface area contributed by atoms with Crippen LogP contribution in [0.15, 0.2) is 115 Å². The molecule has 1 radical (unpaired) electrons. The second-order valence-electron chi connectivity index (χ2n) is 10.4. The van der Waals surface area contributed by atoms with E-state index < -0.39 is 0 Å². The molecule has 6 rings (SSSR count). The minimum Gasteiger partial charge on any atom is -0.512 e. The van der Waals surface area contributed by atoms with Gasteiger partial charge in [0.15, 0.2) is 5.78 Å². The first-order valence-electron chi connectivity index (χ1n) is 13.8. The Kier molecular flexibility index (Phi) is 10.0. The molecule has 1 heterocycles. The van der Waals surface area contributed by atoms with Gasteiger partial charge in [-0.1, -0.05) is 74.5 Å². The molecule has 1 N–H and O–H groups in total. The third kappa shape index (κ3) is 7.14. The summed E-state index contributed by atoms with van der Waals surface area (Å²) in [6.07, 6.45) is 3.02. The van der Waals surface area contributed by atoms with E-state index in [0.717, 1.165) is 60.6 Å². The number of hydrogen-bond acceptors (Lipinski definition) is 3. The second-order valence-corrected chi connectivity index (χ2v) is 10.4. The molecule has 3 nitrogen and oxygen atoms in total. The average Bonchev–Trinajstić information content (AvgIpc) is 2.96. The van der Waals surface area contributed by atoms with Crippen molar-refractivity contribution in [3.8, 4) is 33.5 Å². The van der Waals surface area contributed by atoms with Gasteiger partial charge < -0.3 is 10.1 Å². The normalized spacial score (nSPS) is 11.0. The number of carbonyl (C=O) groups is 1. The third-order valence-corrected chi connectivity index (χ3v) is 6.94. The van der Waals surface area contributed by atoms with Gasteiger partial charge in [0.05, 0.1) is 5.76 Å². The monoisotopic (exact) mass is 745 g/mol. The summed E-state index contributed by atoms with van der Waals surface area (Å²) in [5.41, 5.74) is 8.40. The van der Waals surface area contributed by atoms with Gasteiger partial charge >= 0.3 is 0 Å². The summed E-state index contributed by atoms with van der Waals surface area (Å²) < 4.78 is 14.7. The van der Waals surface area contributed by atoms with Crippen molar-refractivity contribution in [1.29, 1.82) is 0 Å². The van der Waals surface area contributed by atoms with Crippen molar-refractivity contribution >= 4 is 27.3 Å². The van der Waals surface area contributed by atoms with Crippen molar-refractivity contribution in [2.75, 3.05) is 0 Å². The summed E-state index contributed by atoms with van der Waals surface area (Å²) in [7, 11) is 0. The van der Waals surface area contributed by atoms with Crippen LogP contribution in [0.3, 0.4) is 0 Å². The maximum Gasteiger partial charge on any atom is 0.155 e. The molecule has 5 heteroatoms. The number of aliphatic hydroxyl groups excluding tert-OH is 1. The molecule has 5 aromatic carbocycles. The molecule has 0 aliphatic rings. The third-order valence-electron chi connectivity index (χ3n) is 6.94. The summed E-state index contributed by atoms with van der Waals surface area (Å²) in [4.78, 5) is 14.8. The molecule has 1 aromatic heterocycles. The van der Waals surface area contributed by atoms with Crippen molar-refractivity contribution in [2.24, 2.45) is 0 Å². The first-order chi connectivity index (χ1) is 20.2. The second kappa shape index (κ2) is 13.7. The number of halogens is 1. The predicted molar refractivity (Wildman–Crippen MR) is 171 cm³/mol. The number of aliphatic hydroxyl groups is 1. The van der Waals surface area contributed by atoms with Crippen LogP contribution in [0.2, 0.25) is 0 Å². The van der Waals surface area contributed by atoms with Gasteiger partial charge in [-0.3, -0.25) is 4.79 Å². The Hall–Kier alpha value is -4.44. The van der Waals surface area contributed by atoms with Crippen LogP contribution in [0.1, 0.15) is 25.0 Å². The molecule has 0 aliphatic carbocycles. The number of benzene rings is 5. The Morgan fingerprint density at radius 3 is 2.16 bits per heavy atom. The molecule has 217 valence electrons. The number of allylic oxidation sites excluding steroid dienone is 2. The van der Waals surface area contributed by atoms with E-state index in [1.54, 1.807) is 6.07 Å². The van der Waals surface area contributed by atoms with E-state index in [4.69, 9.17) is 10.1 Å². The minimum absolute atomic E-state index is 0. The fourth-order valence-corrected chi connectivity index (χ4v) is 5.40. The SMILES string of the molecule is CC(=O)/C=C(/C)O.Cc1[c-]c(-c2nccc3cc(-c4ccccc4-c4ccccc4)c4cc(F)ccc4c23)cc(C)c1.[Ir]. The number of aromatic nitrogens is 1. The summed E-state index contributed by atoms with van der Waals surface area (Å²) in [6, 6.07) is 35.6. The Morgan fingerprint density at radius 1 is 0.814 bits per heavy atom. The summed E-state index contributed by atoms with van der Waals surface area (Å²) in [5.74, 6) is -0.314. The molecule has 0 saturated carbocycles. The molecule has 0 spiro atoms. The Morgan fingerprint density at radius 2 is 1.51 bits per heavy atom. The first-order valence-corrected chi connectivity index (χ1v) is 13.8. The van der Waals surface area contributed by atoms with Gasteiger partial charge in [0.1, 0.15) is 5.82 Å². The van der Waals surface area contributed by atoms with Crippen LogP contribution in [-0.2, 0) is 24.9 Å². The number of rotatable bonds is 4. The molecule has 0 aliphatic heterocycles. The van der Waals surface area contributed by atoms with Crippen LogP contribution < -0.4 is 0 Å². The van der Waals surface area contributed by atoms with E-state index in [9.17, 15) is 9.18 Å². The quantitative estimate of drug-likeness (QED) is 0.0847. The van der Waals surface area contributed by atoms with Gasteiger partial charge in [-0.25, -0.2) is 4.39 Å². The Labute approximate surface area is 265 Å². The molecular formula is C38H31FIrNO2-. The van der Waals surface area contributed by atoms with Crippen LogP contribution in [0.25, 0.3) is 55.1 Å². The van der Waals surface area contributed by atoms with Crippen molar-refractivity contribution in [1.82, 2.24) is 4.98 Å². The van der Waals surface area contributed by atoms with Gasteiger partial charge in [-0.2, -0.15) is 0 Å². The van der Waals surface area contributed by atoms with Gasteiger partial charge in [0, 0.05) is 32.4 Å². The largest absolute Gasteiger partial charge is 0.512 e. The molecule has 0 bridgehead atoms. The molecule has 43 heavy (non-hydrogen) atoms. The standard InChI is InChI=1S/C33H23FN.C5H8O2.Ir/c1-21-16-22(2)18-25(17-21)33-32-24(14-15-35-33)19-30(31-20-26(34)12-13-29(31)32)28-11-7-6-10-27(28)23-8-4-3-5-9-23;1-4(6)3-5(2)7;/h3-17,19-20H,1-2H3;3,6H,1-2H3;/q-1;;/b;4-3-;. The number of ketones is 1. The van der Waals surface area contributed by atoms with Gasteiger partial charge in [-0.15, -0.1) is 34.9 Å². The van der Waals surface area contributed by atoms with Gasteiger partial charge in [0.2, 0.25) is 0 Å². The van der Waals surface area contributed by atoms with Crippen molar-refractivity contribution in [2.45, 2.75) is 27.7 Å². The smallest absolute Gasteiger partial charge is 0.155 e. The molecule has 6 aromatic rings. The molecule has 0 amide bonds. The van der Waals surface area contributed by atoms with Crippen LogP contribution in [0.4, 0.5) is 4.39 Å². The maximum atomic E-state index is 14.7. The van der Waals surface area contributed by atoms with E-state index >= 15 is 0 Å². The van der Waals surface area contributed by atoms with E-state index in [-0.39, 0.29) is 37.5 Å². The molecule has 0 unspecified atom stereocenters. The zero-order chi connectivity index (χ0) is 29.8. The Balaban J connectivity index is 0.000000475. The zero-order valence-corrected chi connectivity index (χ0v) is 26.8. The molecular weight excluding hydrogens is 714 g/mol. The van der Waals surface area contributed by atoms with E-state index in [2.05, 4.69) is 55.5 Å². The fourth-order valence-electron chi connectivity index (χ4n) is 5.40. The van der Waals surface area contributed by atoms with Crippen LogP contribution in [0.5, 0.6) is 0 Å². The molecule has 0 saturated heterocycles. The number of nitrogens with zero attached hydrogens (tertiary/aromatic N) is 1. The summed E-state index contributed by atoms with van der Waals surface area (Å²) >= 11 is 0. The molecule has 0 fully saturated rings. The Bertz CT molecular complexity index is 1940. The van der Waals surface area contributed by atoms with Gasteiger partial charge in [0.25, 0.3) is 0 Å². The average molecular weight is 745 g/mol. The number of carbonyl (C=O) groups excluding carboxylic acids is 1. The number of aryl methyl sites for hydroxylation is 2. The van der Waals surface area contributed by atoms with Crippen LogP contribution in [-0.4, -0.2) is 15.9 Å². The zero-order valence-electron chi connectivity index (χ0n) is 24.4. The van der Waals surface area contributed by atoms with Crippen LogP contribution in [0, 0.1) is 25.7 Å². The topological polar surface area (TPSA) is 50.2 Å². The fraction of sp³-hybridized carbons (Fsp3) is 0.105. The van der Waals surface area contributed by atoms with Crippen LogP contribution >= 0.6 is 0 Å². The summed E-state index contributed by atoms with van der Waals surface area (Å²) in [5, 5.41) is 12.3. The first kappa shape index (κ1) is 31.5. The summed E-state index contributed by atoms with van der Waals surface area (Å²) in [6.45, 7) is 6.98. The number of pyridine rings is 1. The van der Waals surface area contributed by atoms with Crippen molar-refractivity contribution in [3.05, 3.63) is 138 Å². The van der Waals surface area contributed by atoms with E-state index in [1.807, 2.05) is 55.6 Å². The predicted octanol–water partition coefficient (Wildman–Crippen LogP) is 9.98. The van der Waals surface area contributed by atoms with Crippen molar-refractivity contribution < 1.29 is 34.4 Å². The van der Waals surface area contributed by atoms with E-state index in [0.29, 0.717) is 0 Å². The number of hydrogen-bond donors (Lipinski definition) is 1. The maximum absolute atomic E-state index is 14.7. The van der Waals surface area contributed by atoms with Gasteiger partial charge in [-0.05, 0) is 87.6 Å².